The van der Waals surface area contributed by atoms with Crippen LogP contribution in [0.5, 0.6) is 0 Å². The first kappa shape index (κ1) is 11.7. The maximum absolute atomic E-state index is 13.2. The van der Waals surface area contributed by atoms with E-state index in [0.29, 0.717) is 0 Å². The van der Waals surface area contributed by atoms with Gasteiger partial charge in [-0.3, -0.25) is 0 Å². The zero-order valence-electron chi connectivity index (χ0n) is 9.54. The lowest BCUT2D eigenvalue weighted by Gasteiger charge is -2.11. The summed E-state index contributed by atoms with van der Waals surface area (Å²) < 4.78 is 26.1. The topological polar surface area (TPSA) is 0 Å². The predicted octanol–water partition coefficient (Wildman–Crippen LogP) is 4.78. The molecule has 0 saturated carbocycles. The minimum absolute atomic E-state index is 0.128. The second kappa shape index (κ2) is 4.36. The molecule has 0 unspecified atom stereocenters. The number of fused-ring (bicyclic) bond motifs is 1. The normalized spacial score (nSPS) is 21.9. The average Bonchev–Trinajstić information content (AvgIpc) is 2.68. The molecular weight excluding hydrogens is 254 g/mol. The Bertz CT molecular complexity index is 578. The van der Waals surface area contributed by atoms with Crippen molar-refractivity contribution >= 4 is 11.6 Å². The SMILES string of the molecule is Fc1ccc([C@@H]2C[C@H](Cl)c3cc(F)ccc32)cc1. The Balaban J connectivity index is 2.05. The van der Waals surface area contributed by atoms with Gasteiger partial charge in [-0.25, -0.2) is 8.78 Å². The van der Waals surface area contributed by atoms with E-state index in [1.54, 1.807) is 18.2 Å². The minimum Gasteiger partial charge on any atom is -0.207 e. The molecule has 3 rings (SSSR count). The molecule has 0 fully saturated rings. The molecule has 0 spiro atoms. The number of rotatable bonds is 1. The molecule has 3 heteroatoms. The highest BCUT2D eigenvalue weighted by Gasteiger charge is 2.30. The van der Waals surface area contributed by atoms with Crippen LogP contribution in [0.15, 0.2) is 42.5 Å². The number of benzene rings is 2. The van der Waals surface area contributed by atoms with E-state index in [4.69, 9.17) is 11.6 Å². The van der Waals surface area contributed by atoms with Gasteiger partial charge in [-0.15, -0.1) is 11.6 Å². The molecule has 0 nitrogen and oxygen atoms in total. The van der Waals surface area contributed by atoms with E-state index in [-0.39, 0.29) is 22.9 Å². The van der Waals surface area contributed by atoms with Gasteiger partial charge in [0.05, 0.1) is 5.38 Å². The largest absolute Gasteiger partial charge is 0.207 e. The third kappa shape index (κ3) is 1.91. The van der Waals surface area contributed by atoms with Crippen molar-refractivity contribution < 1.29 is 8.78 Å². The van der Waals surface area contributed by atoms with Gasteiger partial charge in [0.1, 0.15) is 11.6 Å². The first-order chi connectivity index (χ1) is 8.65. The molecule has 92 valence electrons. The molecule has 0 radical (unpaired) electrons. The Morgan fingerprint density at radius 3 is 2.28 bits per heavy atom. The molecule has 0 N–H and O–H groups in total. The third-order valence-corrected chi connectivity index (χ3v) is 3.89. The molecule has 0 aromatic heterocycles. The van der Waals surface area contributed by atoms with E-state index >= 15 is 0 Å². The van der Waals surface area contributed by atoms with Gasteiger partial charge in [0, 0.05) is 5.92 Å². The molecule has 0 amide bonds. The van der Waals surface area contributed by atoms with E-state index in [0.717, 1.165) is 23.1 Å². The molecule has 0 heterocycles. The monoisotopic (exact) mass is 264 g/mol. The Morgan fingerprint density at radius 1 is 0.889 bits per heavy atom. The second-order valence-corrected chi connectivity index (χ2v) is 5.11. The summed E-state index contributed by atoms with van der Waals surface area (Å²) in [4.78, 5) is 0. The quantitative estimate of drug-likeness (QED) is 0.650. The summed E-state index contributed by atoms with van der Waals surface area (Å²) >= 11 is 6.25. The fourth-order valence-electron chi connectivity index (χ4n) is 2.61. The smallest absolute Gasteiger partial charge is 0.123 e. The van der Waals surface area contributed by atoms with Gasteiger partial charge in [-0.1, -0.05) is 18.2 Å². The van der Waals surface area contributed by atoms with Crippen LogP contribution in [0, 0.1) is 11.6 Å². The first-order valence-corrected chi connectivity index (χ1v) is 6.27. The highest BCUT2D eigenvalue weighted by molar-refractivity contribution is 6.21. The maximum atomic E-state index is 13.2. The van der Waals surface area contributed by atoms with Crippen LogP contribution in [0.4, 0.5) is 8.78 Å². The third-order valence-electron chi connectivity index (χ3n) is 3.48. The average molecular weight is 265 g/mol. The molecule has 1 aliphatic rings. The number of hydrogen-bond donors (Lipinski definition) is 0. The Morgan fingerprint density at radius 2 is 1.56 bits per heavy atom. The molecule has 2 aromatic rings. The lowest BCUT2D eigenvalue weighted by molar-refractivity contribution is 0.625. The molecule has 2 aromatic carbocycles. The van der Waals surface area contributed by atoms with Gasteiger partial charge in [-0.2, -0.15) is 0 Å². The summed E-state index contributed by atoms with van der Waals surface area (Å²) in [6.07, 6.45) is 0.728. The molecule has 2 atom stereocenters. The summed E-state index contributed by atoms with van der Waals surface area (Å²) in [5, 5.41) is -0.175. The van der Waals surface area contributed by atoms with E-state index in [1.165, 1.54) is 24.3 Å². The predicted molar refractivity (Wildman–Crippen MR) is 67.9 cm³/mol. The van der Waals surface area contributed by atoms with Crippen LogP contribution in [0.1, 0.15) is 34.4 Å². The Kier molecular flexibility index (Phi) is 2.83. The van der Waals surface area contributed by atoms with E-state index in [2.05, 4.69) is 0 Å². The van der Waals surface area contributed by atoms with Gasteiger partial charge in [0.25, 0.3) is 0 Å². The second-order valence-electron chi connectivity index (χ2n) is 4.58. The van der Waals surface area contributed by atoms with Gasteiger partial charge in [0.15, 0.2) is 0 Å². The summed E-state index contributed by atoms with van der Waals surface area (Å²) in [5.41, 5.74) is 2.92. The zero-order chi connectivity index (χ0) is 12.7. The highest BCUT2D eigenvalue weighted by Crippen LogP contribution is 2.47. The van der Waals surface area contributed by atoms with E-state index in [9.17, 15) is 8.78 Å². The Hall–Kier alpha value is -1.41. The van der Waals surface area contributed by atoms with Crippen molar-refractivity contribution in [2.24, 2.45) is 0 Å². The van der Waals surface area contributed by atoms with Crippen molar-refractivity contribution in [3.05, 3.63) is 70.8 Å². The standard InChI is InChI=1S/C15H11ClF2/c16-15-8-13(9-1-3-10(17)4-2-9)12-6-5-11(18)7-14(12)15/h1-7,13,15H,8H2/t13-,15-/m0/s1. The summed E-state index contributed by atoms with van der Waals surface area (Å²) in [6, 6.07) is 11.1. The summed E-state index contributed by atoms with van der Waals surface area (Å²) in [5.74, 6) is -0.388. The summed E-state index contributed by atoms with van der Waals surface area (Å²) in [7, 11) is 0. The maximum Gasteiger partial charge on any atom is 0.123 e. The van der Waals surface area contributed by atoms with Crippen molar-refractivity contribution in [2.45, 2.75) is 17.7 Å². The molecule has 18 heavy (non-hydrogen) atoms. The van der Waals surface area contributed by atoms with Crippen LogP contribution >= 0.6 is 11.6 Å². The fraction of sp³-hybridized carbons (Fsp3) is 0.200. The van der Waals surface area contributed by atoms with E-state index < -0.39 is 0 Å². The lowest BCUT2D eigenvalue weighted by atomic mass is 9.93. The van der Waals surface area contributed by atoms with Gasteiger partial charge in [-0.05, 0) is 47.4 Å². The molecule has 0 aliphatic heterocycles. The van der Waals surface area contributed by atoms with Crippen LogP contribution in [0.3, 0.4) is 0 Å². The van der Waals surface area contributed by atoms with Gasteiger partial charge < -0.3 is 0 Å². The molecule has 0 saturated heterocycles. The van der Waals surface area contributed by atoms with Crippen molar-refractivity contribution in [2.75, 3.05) is 0 Å². The van der Waals surface area contributed by atoms with Crippen LogP contribution in [0.2, 0.25) is 0 Å². The van der Waals surface area contributed by atoms with Crippen LogP contribution in [-0.2, 0) is 0 Å². The van der Waals surface area contributed by atoms with Crippen molar-refractivity contribution in [3.63, 3.8) is 0 Å². The zero-order valence-corrected chi connectivity index (χ0v) is 10.3. The molecular formula is C15H11ClF2. The van der Waals surface area contributed by atoms with Gasteiger partial charge in [0.2, 0.25) is 0 Å². The van der Waals surface area contributed by atoms with Gasteiger partial charge >= 0.3 is 0 Å². The highest BCUT2D eigenvalue weighted by atomic mass is 35.5. The van der Waals surface area contributed by atoms with Crippen molar-refractivity contribution in [3.8, 4) is 0 Å². The molecule has 1 aliphatic carbocycles. The van der Waals surface area contributed by atoms with Crippen LogP contribution in [-0.4, -0.2) is 0 Å². The fourth-order valence-corrected chi connectivity index (χ4v) is 2.97. The number of halogens is 3. The van der Waals surface area contributed by atoms with Crippen LogP contribution in [0.25, 0.3) is 0 Å². The lowest BCUT2D eigenvalue weighted by Crippen LogP contribution is -1.96. The van der Waals surface area contributed by atoms with E-state index in [1.807, 2.05) is 0 Å². The van der Waals surface area contributed by atoms with Crippen molar-refractivity contribution in [1.29, 1.82) is 0 Å². The Labute approximate surface area is 109 Å². The number of hydrogen-bond acceptors (Lipinski definition) is 0. The molecule has 0 bridgehead atoms. The van der Waals surface area contributed by atoms with Crippen molar-refractivity contribution in [1.82, 2.24) is 0 Å². The van der Waals surface area contributed by atoms with Crippen LogP contribution < -0.4 is 0 Å². The minimum atomic E-state index is -0.265. The number of alkyl halides is 1. The summed E-state index contributed by atoms with van der Waals surface area (Å²) in [6.45, 7) is 0. The first-order valence-electron chi connectivity index (χ1n) is 5.84.